The van der Waals surface area contributed by atoms with Crippen LogP contribution in [0.3, 0.4) is 0 Å². The molecule has 0 radical (unpaired) electrons. The van der Waals surface area contributed by atoms with Crippen LogP contribution in [0.5, 0.6) is 5.75 Å². The van der Waals surface area contributed by atoms with Gasteiger partial charge in [-0.2, -0.15) is 0 Å². The summed E-state index contributed by atoms with van der Waals surface area (Å²) in [5, 5.41) is 4.36. The Bertz CT molecular complexity index is 598. The monoisotopic (exact) mass is 303 g/mol. The summed E-state index contributed by atoms with van der Waals surface area (Å²) in [6.45, 7) is 5.08. The van der Waals surface area contributed by atoms with Crippen molar-refractivity contribution < 1.29 is 4.74 Å². The van der Waals surface area contributed by atoms with E-state index in [1.165, 1.54) is 11.1 Å². The molecule has 0 saturated heterocycles. The molecular weight excluding hydrogens is 282 g/mol. The minimum Gasteiger partial charge on any atom is -0.496 e. The Morgan fingerprint density at radius 3 is 2.62 bits per heavy atom. The number of aryl methyl sites for hydroxylation is 1. The van der Waals surface area contributed by atoms with Crippen LogP contribution in [0.15, 0.2) is 42.5 Å². The first-order valence-electron chi connectivity index (χ1n) is 7.27. The van der Waals surface area contributed by atoms with Gasteiger partial charge in [-0.25, -0.2) is 0 Å². The summed E-state index contributed by atoms with van der Waals surface area (Å²) in [6.07, 6.45) is 0.888. The van der Waals surface area contributed by atoms with E-state index < -0.39 is 0 Å². The van der Waals surface area contributed by atoms with E-state index in [0.29, 0.717) is 0 Å². The van der Waals surface area contributed by atoms with Crippen molar-refractivity contribution in [3.63, 3.8) is 0 Å². The lowest BCUT2D eigenvalue weighted by Crippen LogP contribution is -2.23. The third-order valence-corrected chi connectivity index (χ3v) is 4.08. The van der Waals surface area contributed by atoms with Gasteiger partial charge >= 0.3 is 0 Å². The lowest BCUT2D eigenvalue weighted by molar-refractivity contribution is 0.405. The van der Waals surface area contributed by atoms with Gasteiger partial charge in [-0.1, -0.05) is 48.9 Å². The highest BCUT2D eigenvalue weighted by molar-refractivity contribution is 6.31. The Hall–Kier alpha value is -1.51. The van der Waals surface area contributed by atoms with Gasteiger partial charge in [0, 0.05) is 11.1 Å². The number of hydrogen-bond donors (Lipinski definition) is 1. The number of likely N-dealkylation sites (N-methyl/N-ethyl adjacent to an activating group) is 1. The molecule has 0 bridgehead atoms. The van der Waals surface area contributed by atoms with Crippen LogP contribution >= 0.6 is 11.6 Å². The minimum absolute atomic E-state index is 0.252. The number of halogens is 1. The average Bonchev–Trinajstić information content (AvgIpc) is 2.50. The van der Waals surface area contributed by atoms with Crippen LogP contribution in [0.4, 0.5) is 0 Å². The number of methoxy groups -OCH3 is 1. The van der Waals surface area contributed by atoms with E-state index in [1.807, 2.05) is 31.2 Å². The fourth-order valence-corrected chi connectivity index (χ4v) is 2.65. The first kappa shape index (κ1) is 15.9. The molecule has 1 N–H and O–H groups in total. The lowest BCUT2D eigenvalue weighted by atomic mass is 9.97. The van der Waals surface area contributed by atoms with Crippen LogP contribution in [-0.4, -0.2) is 13.7 Å². The normalized spacial score (nSPS) is 12.2. The molecule has 0 spiro atoms. The van der Waals surface area contributed by atoms with Gasteiger partial charge in [0.15, 0.2) is 0 Å². The molecule has 0 aliphatic heterocycles. The second kappa shape index (κ2) is 7.48. The summed E-state index contributed by atoms with van der Waals surface area (Å²) in [6, 6.07) is 14.6. The average molecular weight is 304 g/mol. The summed E-state index contributed by atoms with van der Waals surface area (Å²) < 4.78 is 5.45. The van der Waals surface area contributed by atoms with Crippen molar-refractivity contribution in [1.29, 1.82) is 0 Å². The molecule has 2 nitrogen and oxygen atoms in total. The first-order valence-corrected chi connectivity index (χ1v) is 7.64. The van der Waals surface area contributed by atoms with E-state index >= 15 is 0 Å². The molecule has 1 atom stereocenters. The van der Waals surface area contributed by atoms with Crippen LogP contribution in [0.25, 0.3) is 0 Å². The molecule has 112 valence electrons. The zero-order valence-electron chi connectivity index (χ0n) is 12.8. The van der Waals surface area contributed by atoms with Crippen LogP contribution < -0.4 is 10.1 Å². The van der Waals surface area contributed by atoms with E-state index in [2.05, 4.69) is 30.4 Å². The second-order valence-corrected chi connectivity index (χ2v) is 5.54. The molecule has 0 aliphatic rings. The Labute approximate surface area is 132 Å². The minimum atomic E-state index is 0.252. The van der Waals surface area contributed by atoms with Crippen molar-refractivity contribution in [3.05, 3.63) is 64.2 Å². The van der Waals surface area contributed by atoms with Crippen molar-refractivity contribution >= 4 is 11.6 Å². The van der Waals surface area contributed by atoms with Gasteiger partial charge in [0.05, 0.1) is 7.11 Å². The van der Waals surface area contributed by atoms with Gasteiger partial charge in [-0.15, -0.1) is 0 Å². The molecule has 0 heterocycles. The van der Waals surface area contributed by atoms with Crippen molar-refractivity contribution in [2.75, 3.05) is 13.7 Å². The predicted molar refractivity (Wildman–Crippen MR) is 89.3 cm³/mol. The summed E-state index contributed by atoms with van der Waals surface area (Å²) in [5.74, 6) is 0.936. The number of hydrogen-bond acceptors (Lipinski definition) is 2. The van der Waals surface area contributed by atoms with Gasteiger partial charge in [0.25, 0.3) is 0 Å². The molecule has 0 aliphatic carbocycles. The van der Waals surface area contributed by atoms with Crippen molar-refractivity contribution in [3.8, 4) is 5.75 Å². The molecular formula is C18H22ClNO. The van der Waals surface area contributed by atoms with Crippen LogP contribution in [-0.2, 0) is 6.42 Å². The maximum Gasteiger partial charge on any atom is 0.122 e. The summed E-state index contributed by atoms with van der Waals surface area (Å²) in [7, 11) is 1.72. The molecule has 0 aromatic heterocycles. The summed E-state index contributed by atoms with van der Waals surface area (Å²) in [5.41, 5.74) is 3.57. The maximum atomic E-state index is 6.13. The summed E-state index contributed by atoms with van der Waals surface area (Å²) in [4.78, 5) is 0. The van der Waals surface area contributed by atoms with E-state index in [-0.39, 0.29) is 6.04 Å². The molecule has 21 heavy (non-hydrogen) atoms. The topological polar surface area (TPSA) is 21.3 Å². The number of ether oxygens (including phenoxy) is 1. The fraction of sp³-hybridized carbons (Fsp3) is 0.333. The Kier molecular flexibility index (Phi) is 5.66. The largest absolute Gasteiger partial charge is 0.496 e. The smallest absolute Gasteiger partial charge is 0.122 e. The maximum absolute atomic E-state index is 6.13. The molecule has 2 rings (SSSR count). The highest BCUT2D eigenvalue weighted by Gasteiger charge is 2.14. The first-order chi connectivity index (χ1) is 10.2. The Morgan fingerprint density at radius 1 is 1.19 bits per heavy atom. The van der Waals surface area contributed by atoms with Crippen LogP contribution in [0.2, 0.25) is 5.02 Å². The summed E-state index contributed by atoms with van der Waals surface area (Å²) >= 11 is 6.13. The number of rotatable bonds is 6. The number of nitrogens with one attached hydrogen (secondary N) is 1. The predicted octanol–water partition coefficient (Wildman–Crippen LogP) is 4.55. The second-order valence-electron chi connectivity index (χ2n) is 5.13. The lowest BCUT2D eigenvalue weighted by Gasteiger charge is -2.20. The third-order valence-electron chi connectivity index (χ3n) is 3.65. The van der Waals surface area contributed by atoms with Crippen LogP contribution in [0.1, 0.15) is 29.7 Å². The van der Waals surface area contributed by atoms with Gasteiger partial charge in [0.2, 0.25) is 0 Å². The molecule has 2 aromatic rings. The number of benzene rings is 2. The Morgan fingerprint density at radius 2 is 1.95 bits per heavy atom. The van der Waals surface area contributed by atoms with Crippen molar-refractivity contribution in [1.82, 2.24) is 5.32 Å². The third kappa shape index (κ3) is 3.99. The van der Waals surface area contributed by atoms with Gasteiger partial charge in [-0.3, -0.25) is 0 Å². The van der Waals surface area contributed by atoms with Crippen molar-refractivity contribution in [2.24, 2.45) is 0 Å². The van der Waals surface area contributed by atoms with E-state index in [0.717, 1.165) is 29.3 Å². The zero-order valence-corrected chi connectivity index (χ0v) is 13.6. The zero-order chi connectivity index (χ0) is 15.2. The number of para-hydroxylation sites is 1. The molecule has 0 amide bonds. The molecule has 2 aromatic carbocycles. The van der Waals surface area contributed by atoms with E-state index in [4.69, 9.17) is 16.3 Å². The molecule has 0 fully saturated rings. The molecule has 1 unspecified atom stereocenters. The highest BCUT2D eigenvalue weighted by Crippen LogP contribution is 2.27. The Balaban J connectivity index is 2.28. The van der Waals surface area contributed by atoms with Gasteiger partial charge in [-0.05, 0) is 48.7 Å². The van der Waals surface area contributed by atoms with E-state index in [9.17, 15) is 0 Å². The quantitative estimate of drug-likeness (QED) is 0.845. The fourth-order valence-electron chi connectivity index (χ4n) is 2.53. The van der Waals surface area contributed by atoms with E-state index in [1.54, 1.807) is 7.11 Å². The van der Waals surface area contributed by atoms with Gasteiger partial charge < -0.3 is 10.1 Å². The van der Waals surface area contributed by atoms with Crippen molar-refractivity contribution in [2.45, 2.75) is 26.3 Å². The molecule has 0 saturated carbocycles. The standard InChI is InChI=1S/C18H22ClNO/c1-4-20-17(14-9-10-16(19)13(2)11-14)12-15-7-5-6-8-18(15)21-3/h5-11,17,20H,4,12H2,1-3H3. The highest BCUT2D eigenvalue weighted by atomic mass is 35.5. The SMILES string of the molecule is CCNC(Cc1ccccc1OC)c1ccc(Cl)c(C)c1. The molecule has 3 heteroatoms. The van der Waals surface area contributed by atoms with Crippen LogP contribution in [0, 0.1) is 6.92 Å². The van der Waals surface area contributed by atoms with Gasteiger partial charge in [0.1, 0.15) is 5.75 Å².